The molecule has 4 heteroatoms. The third kappa shape index (κ3) is 3.08. The van der Waals surface area contributed by atoms with E-state index < -0.39 is 0 Å². The fourth-order valence-corrected chi connectivity index (χ4v) is 1.55. The monoisotopic (exact) mass is 210 g/mol. The SMILES string of the molecule is CCN(CC)C(=O)C[n+]1ccn(CC)c1. The third-order valence-corrected chi connectivity index (χ3v) is 2.55. The standard InChI is InChI=1S/C11H20N3O/c1-4-12-7-8-13(10-12)9-11(15)14(5-2)6-3/h7-8,10H,4-6,9H2,1-3H3/q+1. The molecule has 0 unspecified atom stereocenters. The van der Waals surface area contributed by atoms with E-state index in [1.165, 1.54) is 0 Å². The van der Waals surface area contributed by atoms with E-state index in [2.05, 4.69) is 11.5 Å². The first kappa shape index (κ1) is 11.8. The number of carbonyl (C=O) groups is 1. The van der Waals surface area contributed by atoms with Gasteiger partial charge in [-0.1, -0.05) is 0 Å². The van der Waals surface area contributed by atoms with Crippen molar-refractivity contribution >= 4 is 5.91 Å². The zero-order valence-electron chi connectivity index (χ0n) is 9.81. The Morgan fingerprint density at radius 3 is 2.47 bits per heavy atom. The highest BCUT2D eigenvalue weighted by Crippen LogP contribution is 1.90. The molecule has 1 rings (SSSR count). The van der Waals surface area contributed by atoms with Gasteiger partial charge in [0.05, 0.1) is 6.54 Å². The number of hydrogen-bond donors (Lipinski definition) is 0. The average molecular weight is 210 g/mol. The van der Waals surface area contributed by atoms with Crippen molar-refractivity contribution in [3.8, 4) is 0 Å². The Balaban J connectivity index is 2.57. The Morgan fingerprint density at radius 1 is 1.33 bits per heavy atom. The molecule has 84 valence electrons. The summed E-state index contributed by atoms with van der Waals surface area (Å²) in [5.74, 6) is 0.179. The minimum absolute atomic E-state index is 0.179. The highest BCUT2D eigenvalue weighted by Gasteiger charge is 2.13. The van der Waals surface area contributed by atoms with Gasteiger partial charge in [-0.05, 0) is 20.8 Å². The van der Waals surface area contributed by atoms with Gasteiger partial charge in [-0.25, -0.2) is 9.13 Å². The molecule has 0 saturated heterocycles. The van der Waals surface area contributed by atoms with Crippen molar-refractivity contribution in [1.29, 1.82) is 0 Å². The fraction of sp³-hybridized carbons (Fsp3) is 0.636. The quantitative estimate of drug-likeness (QED) is 0.657. The van der Waals surface area contributed by atoms with Crippen LogP contribution in [0.4, 0.5) is 0 Å². The number of carbonyl (C=O) groups excluding carboxylic acids is 1. The maximum absolute atomic E-state index is 11.8. The predicted octanol–water partition coefficient (Wildman–Crippen LogP) is 0.664. The topological polar surface area (TPSA) is 29.1 Å². The molecule has 0 aliphatic carbocycles. The number of nitrogens with zero attached hydrogens (tertiary/aromatic N) is 3. The summed E-state index contributed by atoms with van der Waals surface area (Å²) < 4.78 is 3.97. The second-order valence-corrected chi connectivity index (χ2v) is 3.48. The van der Waals surface area contributed by atoms with Gasteiger partial charge in [-0.15, -0.1) is 0 Å². The molecular weight excluding hydrogens is 190 g/mol. The van der Waals surface area contributed by atoms with Crippen LogP contribution in [-0.2, 0) is 17.9 Å². The van der Waals surface area contributed by atoms with E-state index in [9.17, 15) is 4.79 Å². The van der Waals surface area contributed by atoms with Gasteiger partial charge in [-0.2, -0.15) is 0 Å². The van der Waals surface area contributed by atoms with Crippen molar-refractivity contribution in [2.24, 2.45) is 0 Å². The van der Waals surface area contributed by atoms with Crippen molar-refractivity contribution in [2.75, 3.05) is 13.1 Å². The minimum Gasteiger partial charge on any atom is -0.340 e. The lowest BCUT2D eigenvalue weighted by molar-refractivity contribution is -0.684. The molecule has 0 atom stereocenters. The van der Waals surface area contributed by atoms with E-state index in [-0.39, 0.29) is 5.91 Å². The van der Waals surface area contributed by atoms with Crippen molar-refractivity contribution < 1.29 is 9.36 Å². The smallest absolute Gasteiger partial charge is 0.264 e. The highest BCUT2D eigenvalue weighted by molar-refractivity contribution is 5.74. The second-order valence-electron chi connectivity index (χ2n) is 3.48. The average Bonchev–Trinajstić information content (AvgIpc) is 2.67. The summed E-state index contributed by atoms with van der Waals surface area (Å²) in [6, 6.07) is 0. The molecular formula is C11H20N3O+. The van der Waals surface area contributed by atoms with E-state index in [1.54, 1.807) is 0 Å². The first-order valence-electron chi connectivity index (χ1n) is 5.53. The van der Waals surface area contributed by atoms with E-state index in [0.29, 0.717) is 6.54 Å². The van der Waals surface area contributed by atoms with Crippen LogP contribution in [0.25, 0.3) is 0 Å². The molecule has 0 aromatic carbocycles. The number of aryl methyl sites for hydroxylation is 1. The van der Waals surface area contributed by atoms with Gasteiger partial charge in [0.1, 0.15) is 12.4 Å². The van der Waals surface area contributed by atoms with Gasteiger partial charge in [0.25, 0.3) is 5.91 Å². The number of aromatic nitrogens is 2. The Kier molecular flexibility index (Phi) is 4.34. The van der Waals surface area contributed by atoms with Gasteiger partial charge in [-0.3, -0.25) is 4.79 Å². The molecule has 0 spiro atoms. The van der Waals surface area contributed by atoms with Gasteiger partial charge in [0.2, 0.25) is 6.33 Å². The largest absolute Gasteiger partial charge is 0.340 e. The van der Waals surface area contributed by atoms with Crippen LogP contribution in [-0.4, -0.2) is 28.5 Å². The van der Waals surface area contributed by atoms with Crippen LogP contribution in [0.2, 0.25) is 0 Å². The van der Waals surface area contributed by atoms with Gasteiger partial charge in [0, 0.05) is 13.1 Å². The molecule has 0 saturated carbocycles. The van der Waals surface area contributed by atoms with E-state index in [1.807, 2.05) is 42.0 Å². The molecule has 4 nitrogen and oxygen atoms in total. The molecule has 0 fully saturated rings. The lowest BCUT2D eigenvalue weighted by Gasteiger charge is -2.16. The van der Waals surface area contributed by atoms with Crippen LogP contribution < -0.4 is 4.57 Å². The van der Waals surface area contributed by atoms with Crippen molar-refractivity contribution in [2.45, 2.75) is 33.9 Å². The van der Waals surface area contributed by atoms with Gasteiger partial charge >= 0.3 is 0 Å². The molecule has 1 heterocycles. The highest BCUT2D eigenvalue weighted by atomic mass is 16.2. The number of imidazole rings is 1. The summed E-state index contributed by atoms with van der Waals surface area (Å²) >= 11 is 0. The number of amides is 1. The van der Waals surface area contributed by atoms with Crippen LogP contribution in [0.3, 0.4) is 0 Å². The molecule has 0 radical (unpaired) electrons. The van der Waals surface area contributed by atoms with E-state index in [4.69, 9.17) is 0 Å². The first-order chi connectivity index (χ1) is 7.21. The van der Waals surface area contributed by atoms with E-state index >= 15 is 0 Å². The summed E-state index contributed by atoms with van der Waals surface area (Å²) in [4.78, 5) is 13.6. The molecule has 15 heavy (non-hydrogen) atoms. The van der Waals surface area contributed by atoms with Crippen molar-refractivity contribution in [3.05, 3.63) is 18.7 Å². The Hall–Kier alpha value is -1.32. The van der Waals surface area contributed by atoms with Crippen molar-refractivity contribution in [3.63, 3.8) is 0 Å². The number of hydrogen-bond acceptors (Lipinski definition) is 1. The van der Waals surface area contributed by atoms with Crippen LogP contribution >= 0.6 is 0 Å². The zero-order valence-corrected chi connectivity index (χ0v) is 9.81. The zero-order chi connectivity index (χ0) is 11.3. The van der Waals surface area contributed by atoms with Crippen LogP contribution in [0.5, 0.6) is 0 Å². The molecule has 0 aliphatic heterocycles. The molecule has 0 aliphatic rings. The maximum atomic E-state index is 11.8. The summed E-state index contributed by atoms with van der Waals surface area (Å²) in [5.41, 5.74) is 0. The molecule has 0 N–H and O–H groups in total. The predicted molar refractivity (Wildman–Crippen MR) is 58.2 cm³/mol. The lowest BCUT2D eigenvalue weighted by atomic mass is 10.4. The Morgan fingerprint density at radius 2 is 2.00 bits per heavy atom. The maximum Gasteiger partial charge on any atom is 0.264 e. The van der Waals surface area contributed by atoms with Crippen LogP contribution in [0.1, 0.15) is 20.8 Å². The second kappa shape index (κ2) is 5.53. The van der Waals surface area contributed by atoms with Crippen LogP contribution in [0, 0.1) is 0 Å². The summed E-state index contributed by atoms with van der Waals surface area (Å²) in [7, 11) is 0. The summed E-state index contributed by atoms with van der Waals surface area (Å²) in [6.07, 6.45) is 5.88. The lowest BCUT2D eigenvalue weighted by Crippen LogP contribution is -2.43. The van der Waals surface area contributed by atoms with E-state index in [0.717, 1.165) is 19.6 Å². The molecule has 1 amide bonds. The third-order valence-electron chi connectivity index (χ3n) is 2.55. The summed E-state index contributed by atoms with van der Waals surface area (Å²) in [6.45, 7) is 9.03. The fourth-order valence-electron chi connectivity index (χ4n) is 1.55. The molecule has 1 aromatic rings. The van der Waals surface area contributed by atoms with Gasteiger partial charge in [0.15, 0.2) is 6.54 Å². The molecule has 0 bridgehead atoms. The number of likely N-dealkylation sites (N-methyl/N-ethyl adjacent to an activating group) is 1. The molecule has 1 aromatic heterocycles. The summed E-state index contributed by atoms with van der Waals surface area (Å²) in [5, 5.41) is 0. The normalized spacial score (nSPS) is 10.3. The number of rotatable bonds is 5. The minimum atomic E-state index is 0.179. The Labute approximate surface area is 91.1 Å². The first-order valence-corrected chi connectivity index (χ1v) is 5.53. The van der Waals surface area contributed by atoms with Crippen LogP contribution in [0.15, 0.2) is 18.7 Å². The van der Waals surface area contributed by atoms with Crippen molar-refractivity contribution in [1.82, 2.24) is 9.47 Å². The van der Waals surface area contributed by atoms with Gasteiger partial charge < -0.3 is 4.90 Å². The Bertz CT molecular complexity index is 315.